The summed E-state index contributed by atoms with van der Waals surface area (Å²) >= 11 is 3.23. The summed E-state index contributed by atoms with van der Waals surface area (Å²) in [4.78, 5) is 0. The standard InChI is InChI=1S/C13H16BrFO2/c1-13(2)4-3-11(17-13)8-16-12-6-9(14)5-10(15)7-12/h5-7,11H,3-4,8H2,1-2H3. The van der Waals surface area contributed by atoms with Gasteiger partial charge in [0.25, 0.3) is 0 Å². The maximum atomic E-state index is 13.1. The van der Waals surface area contributed by atoms with E-state index in [2.05, 4.69) is 29.8 Å². The van der Waals surface area contributed by atoms with Gasteiger partial charge in [-0.15, -0.1) is 0 Å². The Labute approximate surface area is 109 Å². The van der Waals surface area contributed by atoms with E-state index in [1.54, 1.807) is 6.07 Å². The Morgan fingerprint density at radius 3 is 2.82 bits per heavy atom. The monoisotopic (exact) mass is 302 g/mol. The first kappa shape index (κ1) is 12.8. The Hall–Kier alpha value is -0.610. The van der Waals surface area contributed by atoms with Gasteiger partial charge in [0.05, 0.1) is 11.7 Å². The lowest BCUT2D eigenvalue weighted by Gasteiger charge is -2.19. The van der Waals surface area contributed by atoms with Crippen LogP contribution in [-0.4, -0.2) is 18.3 Å². The van der Waals surface area contributed by atoms with Gasteiger partial charge in [0.15, 0.2) is 0 Å². The zero-order valence-corrected chi connectivity index (χ0v) is 11.6. The van der Waals surface area contributed by atoms with E-state index < -0.39 is 0 Å². The number of benzene rings is 1. The first-order valence-corrected chi connectivity index (χ1v) is 6.51. The number of hydrogen-bond donors (Lipinski definition) is 0. The molecule has 1 unspecified atom stereocenters. The Kier molecular flexibility index (Phi) is 3.73. The van der Waals surface area contributed by atoms with Crippen LogP contribution < -0.4 is 4.74 Å². The summed E-state index contributed by atoms with van der Waals surface area (Å²) in [6, 6.07) is 4.54. The summed E-state index contributed by atoms with van der Waals surface area (Å²) < 4.78 is 25.1. The molecule has 0 aromatic heterocycles. The molecular formula is C13H16BrFO2. The molecule has 0 saturated carbocycles. The van der Waals surface area contributed by atoms with Crippen molar-refractivity contribution in [3.8, 4) is 5.75 Å². The lowest BCUT2D eigenvalue weighted by Crippen LogP contribution is -2.23. The van der Waals surface area contributed by atoms with Gasteiger partial charge in [0.1, 0.15) is 18.2 Å². The Bertz CT molecular complexity index is 386. The van der Waals surface area contributed by atoms with Crippen molar-refractivity contribution in [1.82, 2.24) is 0 Å². The second-order valence-electron chi connectivity index (χ2n) is 4.95. The van der Waals surface area contributed by atoms with E-state index in [4.69, 9.17) is 9.47 Å². The van der Waals surface area contributed by atoms with Crippen molar-refractivity contribution in [1.29, 1.82) is 0 Å². The topological polar surface area (TPSA) is 18.5 Å². The van der Waals surface area contributed by atoms with Gasteiger partial charge in [-0.1, -0.05) is 15.9 Å². The number of rotatable bonds is 3. The van der Waals surface area contributed by atoms with Crippen LogP contribution in [0.1, 0.15) is 26.7 Å². The van der Waals surface area contributed by atoms with Crippen LogP contribution in [0.15, 0.2) is 22.7 Å². The maximum Gasteiger partial charge on any atom is 0.128 e. The van der Waals surface area contributed by atoms with Crippen molar-refractivity contribution >= 4 is 15.9 Å². The molecule has 1 heterocycles. The normalized spacial score (nSPS) is 22.7. The maximum absolute atomic E-state index is 13.1. The van der Waals surface area contributed by atoms with Crippen LogP contribution in [0.4, 0.5) is 4.39 Å². The highest BCUT2D eigenvalue weighted by atomic mass is 79.9. The molecule has 1 fully saturated rings. The van der Waals surface area contributed by atoms with Crippen LogP contribution in [0.5, 0.6) is 5.75 Å². The molecule has 0 aliphatic carbocycles. The Balaban J connectivity index is 1.90. The highest BCUT2D eigenvalue weighted by Gasteiger charge is 2.31. The SMILES string of the molecule is CC1(C)CCC(COc2cc(F)cc(Br)c2)O1. The molecule has 94 valence electrons. The molecule has 1 saturated heterocycles. The summed E-state index contributed by atoms with van der Waals surface area (Å²) in [6.45, 7) is 4.62. The fourth-order valence-corrected chi connectivity index (χ4v) is 2.44. The average molecular weight is 303 g/mol. The molecule has 0 amide bonds. The Morgan fingerprint density at radius 1 is 1.47 bits per heavy atom. The number of ether oxygens (including phenoxy) is 2. The second-order valence-corrected chi connectivity index (χ2v) is 5.87. The van der Waals surface area contributed by atoms with Crippen LogP contribution in [0.3, 0.4) is 0 Å². The van der Waals surface area contributed by atoms with Crippen LogP contribution in [0.25, 0.3) is 0 Å². The van der Waals surface area contributed by atoms with Crippen molar-refractivity contribution in [3.63, 3.8) is 0 Å². The molecule has 0 N–H and O–H groups in total. The molecule has 0 spiro atoms. The fourth-order valence-electron chi connectivity index (χ4n) is 2.00. The second kappa shape index (κ2) is 4.94. The van der Waals surface area contributed by atoms with Crippen molar-refractivity contribution in [2.24, 2.45) is 0 Å². The largest absolute Gasteiger partial charge is 0.491 e. The summed E-state index contributed by atoms with van der Waals surface area (Å²) in [5.41, 5.74) is -0.0590. The predicted octanol–water partition coefficient (Wildman–Crippen LogP) is 3.92. The summed E-state index contributed by atoms with van der Waals surface area (Å²) in [5, 5.41) is 0. The minimum atomic E-state index is -0.304. The number of halogens is 2. The summed E-state index contributed by atoms with van der Waals surface area (Å²) in [5.74, 6) is 0.229. The Morgan fingerprint density at radius 2 is 2.24 bits per heavy atom. The molecule has 2 nitrogen and oxygen atoms in total. The molecule has 0 radical (unpaired) electrons. The van der Waals surface area contributed by atoms with Gasteiger partial charge in [0.2, 0.25) is 0 Å². The van der Waals surface area contributed by atoms with Gasteiger partial charge < -0.3 is 9.47 Å². The van der Waals surface area contributed by atoms with Gasteiger partial charge in [0, 0.05) is 10.5 Å². The molecular weight excluding hydrogens is 287 g/mol. The first-order chi connectivity index (χ1) is 7.94. The van der Waals surface area contributed by atoms with Gasteiger partial charge >= 0.3 is 0 Å². The lowest BCUT2D eigenvalue weighted by atomic mass is 10.1. The van der Waals surface area contributed by atoms with E-state index in [0.29, 0.717) is 16.8 Å². The molecule has 4 heteroatoms. The van der Waals surface area contributed by atoms with Crippen molar-refractivity contribution in [3.05, 3.63) is 28.5 Å². The minimum absolute atomic E-state index is 0.0590. The molecule has 2 rings (SSSR count). The quantitative estimate of drug-likeness (QED) is 0.842. The van der Waals surface area contributed by atoms with Gasteiger partial charge in [-0.3, -0.25) is 0 Å². The zero-order chi connectivity index (χ0) is 12.5. The molecule has 1 aromatic rings. The van der Waals surface area contributed by atoms with Crippen LogP contribution in [0, 0.1) is 5.82 Å². The predicted molar refractivity (Wildman–Crippen MR) is 67.8 cm³/mol. The highest BCUT2D eigenvalue weighted by molar-refractivity contribution is 9.10. The molecule has 1 aromatic carbocycles. The van der Waals surface area contributed by atoms with Crippen LogP contribution >= 0.6 is 15.9 Å². The van der Waals surface area contributed by atoms with Crippen molar-refractivity contribution in [2.75, 3.05) is 6.61 Å². The average Bonchev–Trinajstić information content (AvgIpc) is 2.54. The smallest absolute Gasteiger partial charge is 0.128 e. The molecule has 17 heavy (non-hydrogen) atoms. The van der Waals surface area contributed by atoms with E-state index in [1.165, 1.54) is 12.1 Å². The van der Waals surface area contributed by atoms with E-state index in [0.717, 1.165) is 12.8 Å². The van der Waals surface area contributed by atoms with E-state index in [1.807, 2.05) is 0 Å². The van der Waals surface area contributed by atoms with Crippen LogP contribution in [0.2, 0.25) is 0 Å². The van der Waals surface area contributed by atoms with Gasteiger partial charge in [-0.25, -0.2) is 4.39 Å². The third-order valence-electron chi connectivity index (χ3n) is 2.83. The molecule has 1 aliphatic heterocycles. The minimum Gasteiger partial charge on any atom is -0.491 e. The molecule has 1 atom stereocenters. The highest BCUT2D eigenvalue weighted by Crippen LogP contribution is 2.30. The molecule has 0 bridgehead atoms. The van der Waals surface area contributed by atoms with Crippen molar-refractivity contribution in [2.45, 2.75) is 38.4 Å². The summed E-state index contributed by atoms with van der Waals surface area (Å²) in [6.07, 6.45) is 2.13. The third kappa shape index (κ3) is 3.68. The fraction of sp³-hybridized carbons (Fsp3) is 0.538. The first-order valence-electron chi connectivity index (χ1n) is 5.71. The van der Waals surface area contributed by atoms with Gasteiger partial charge in [-0.2, -0.15) is 0 Å². The van der Waals surface area contributed by atoms with E-state index in [9.17, 15) is 4.39 Å². The van der Waals surface area contributed by atoms with Crippen molar-refractivity contribution < 1.29 is 13.9 Å². The lowest BCUT2D eigenvalue weighted by molar-refractivity contribution is -0.0327. The van der Waals surface area contributed by atoms with E-state index >= 15 is 0 Å². The van der Waals surface area contributed by atoms with E-state index in [-0.39, 0.29) is 17.5 Å². The summed E-state index contributed by atoms with van der Waals surface area (Å²) in [7, 11) is 0. The zero-order valence-electron chi connectivity index (χ0n) is 10.0. The van der Waals surface area contributed by atoms with Crippen LogP contribution in [-0.2, 0) is 4.74 Å². The third-order valence-corrected chi connectivity index (χ3v) is 3.28. The number of hydrogen-bond acceptors (Lipinski definition) is 2. The van der Waals surface area contributed by atoms with Gasteiger partial charge in [-0.05, 0) is 38.8 Å². The molecule has 1 aliphatic rings.